The highest BCUT2D eigenvalue weighted by molar-refractivity contribution is 5.94. The molecule has 0 unspecified atom stereocenters. The van der Waals surface area contributed by atoms with Gasteiger partial charge in [0.2, 0.25) is 0 Å². The third kappa shape index (κ3) is 5.39. The minimum atomic E-state index is -0.518. The van der Waals surface area contributed by atoms with E-state index < -0.39 is 5.82 Å². The van der Waals surface area contributed by atoms with Crippen LogP contribution in [0.3, 0.4) is 0 Å². The third-order valence-electron chi connectivity index (χ3n) is 6.94. The van der Waals surface area contributed by atoms with Crippen LogP contribution in [0.4, 0.5) is 10.1 Å². The second-order valence-corrected chi connectivity index (χ2v) is 9.45. The molecule has 0 bridgehead atoms. The van der Waals surface area contributed by atoms with Crippen molar-refractivity contribution in [2.24, 2.45) is 0 Å². The van der Waals surface area contributed by atoms with Crippen LogP contribution >= 0.6 is 0 Å². The van der Waals surface area contributed by atoms with Gasteiger partial charge in [-0.05, 0) is 79.1 Å². The fraction of sp³-hybridized carbons (Fsp3) is 0.407. The number of carbonyl (C=O) groups excluding carboxylic acids is 1. The molecule has 2 fully saturated rings. The standard InChI is InChI=1S/C27H30FN3O4/c28-21-14-18(13-20(15-21)26(33)29-22-1-4-24(32)5-2-22)17-31-8-7-19-16-23(3-6-25(19)27(31)34)30-9-11-35-12-10-30/h3,6-8,13-16,22,24,32H,1-2,4-5,9-12,17H2,(H,29,33)/t22-,24+. The topological polar surface area (TPSA) is 83.8 Å². The molecule has 0 atom stereocenters. The van der Waals surface area contributed by atoms with E-state index in [2.05, 4.69) is 10.2 Å². The number of anilines is 1. The van der Waals surface area contributed by atoms with Gasteiger partial charge in [-0.25, -0.2) is 4.39 Å². The average Bonchev–Trinajstić information content (AvgIpc) is 2.87. The Balaban J connectivity index is 1.34. The average molecular weight is 480 g/mol. The van der Waals surface area contributed by atoms with E-state index in [0.717, 1.165) is 24.2 Å². The maximum absolute atomic E-state index is 14.4. The molecule has 7 nitrogen and oxygen atoms in total. The molecule has 184 valence electrons. The number of pyridine rings is 1. The van der Waals surface area contributed by atoms with Crippen LogP contribution in [-0.4, -0.2) is 54.0 Å². The first-order chi connectivity index (χ1) is 17.0. The van der Waals surface area contributed by atoms with Gasteiger partial charge in [0, 0.05) is 42.0 Å². The molecule has 1 saturated heterocycles. The van der Waals surface area contributed by atoms with Crippen molar-refractivity contribution in [3.05, 3.63) is 76.0 Å². The van der Waals surface area contributed by atoms with Crippen LogP contribution in [-0.2, 0) is 11.3 Å². The van der Waals surface area contributed by atoms with E-state index in [1.165, 1.54) is 16.7 Å². The molecule has 2 N–H and O–H groups in total. The Hall–Kier alpha value is -3.23. The summed E-state index contributed by atoms with van der Waals surface area (Å²) in [5.74, 6) is -0.857. The van der Waals surface area contributed by atoms with Crippen LogP contribution < -0.4 is 15.8 Å². The Labute approximate surface area is 203 Å². The third-order valence-corrected chi connectivity index (χ3v) is 6.94. The second kappa shape index (κ2) is 10.2. The number of rotatable bonds is 5. The van der Waals surface area contributed by atoms with E-state index in [4.69, 9.17) is 4.74 Å². The molecule has 2 aliphatic rings. The predicted molar refractivity (Wildman–Crippen MR) is 132 cm³/mol. The minimum Gasteiger partial charge on any atom is -0.393 e. The first-order valence-electron chi connectivity index (χ1n) is 12.2. The van der Waals surface area contributed by atoms with Crippen LogP contribution in [0.1, 0.15) is 41.6 Å². The summed E-state index contributed by atoms with van der Waals surface area (Å²) in [6.45, 7) is 3.18. The van der Waals surface area contributed by atoms with Gasteiger partial charge in [0.05, 0.1) is 25.9 Å². The van der Waals surface area contributed by atoms with Crippen molar-refractivity contribution >= 4 is 22.4 Å². The molecule has 0 spiro atoms. The number of hydrogen-bond acceptors (Lipinski definition) is 5. The van der Waals surface area contributed by atoms with Crippen molar-refractivity contribution in [1.82, 2.24) is 9.88 Å². The van der Waals surface area contributed by atoms with Gasteiger partial charge in [0.15, 0.2) is 0 Å². The molecular formula is C27H30FN3O4. The quantitative estimate of drug-likeness (QED) is 0.588. The highest BCUT2D eigenvalue weighted by Crippen LogP contribution is 2.22. The van der Waals surface area contributed by atoms with E-state index >= 15 is 0 Å². The van der Waals surface area contributed by atoms with Crippen molar-refractivity contribution in [3.8, 4) is 0 Å². The van der Waals surface area contributed by atoms with Crippen molar-refractivity contribution in [3.63, 3.8) is 0 Å². The maximum atomic E-state index is 14.4. The van der Waals surface area contributed by atoms with E-state index in [1.807, 2.05) is 24.3 Å². The van der Waals surface area contributed by atoms with E-state index in [9.17, 15) is 19.1 Å². The van der Waals surface area contributed by atoms with Crippen molar-refractivity contribution in [1.29, 1.82) is 0 Å². The Morgan fingerprint density at radius 2 is 1.83 bits per heavy atom. The Morgan fingerprint density at radius 3 is 2.60 bits per heavy atom. The van der Waals surface area contributed by atoms with Crippen LogP contribution in [0.25, 0.3) is 10.8 Å². The molecule has 3 aromatic rings. The molecule has 5 rings (SSSR count). The molecule has 1 amide bonds. The van der Waals surface area contributed by atoms with Gasteiger partial charge < -0.3 is 24.6 Å². The normalized spacial score (nSPS) is 20.7. The van der Waals surface area contributed by atoms with E-state index in [1.54, 1.807) is 12.3 Å². The van der Waals surface area contributed by atoms with Crippen molar-refractivity contribution in [2.45, 2.75) is 44.4 Å². The van der Waals surface area contributed by atoms with Gasteiger partial charge in [0.25, 0.3) is 11.5 Å². The maximum Gasteiger partial charge on any atom is 0.258 e. The zero-order valence-electron chi connectivity index (χ0n) is 19.6. The number of nitrogens with one attached hydrogen (secondary N) is 1. The Morgan fingerprint density at radius 1 is 1.06 bits per heavy atom. The van der Waals surface area contributed by atoms with Crippen LogP contribution in [0, 0.1) is 5.82 Å². The number of aliphatic hydroxyl groups is 1. The molecular weight excluding hydrogens is 449 g/mol. The summed E-state index contributed by atoms with van der Waals surface area (Å²) in [6, 6.07) is 11.9. The number of aromatic nitrogens is 1. The highest BCUT2D eigenvalue weighted by atomic mass is 19.1. The Bertz CT molecular complexity index is 1280. The fourth-order valence-electron chi connectivity index (χ4n) is 4.98. The second-order valence-electron chi connectivity index (χ2n) is 9.45. The number of morpholine rings is 1. The summed E-state index contributed by atoms with van der Waals surface area (Å²) >= 11 is 0. The van der Waals surface area contributed by atoms with Gasteiger partial charge in [-0.2, -0.15) is 0 Å². The number of fused-ring (bicyclic) bond motifs is 1. The van der Waals surface area contributed by atoms with Crippen molar-refractivity contribution in [2.75, 3.05) is 31.2 Å². The first kappa shape index (κ1) is 23.5. The lowest BCUT2D eigenvalue weighted by atomic mass is 9.93. The summed E-state index contributed by atoms with van der Waals surface area (Å²) in [7, 11) is 0. The summed E-state index contributed by atoms with van der Waals surface area (Å²) in [5.41, 5.74) is 1.67. The minimum absolute atomic E-state index is 0.0249. The van der Waals surface area contributed by atoms with Crippen LogP contribution in [0.5, 0.6) is 0 Å². The lowest BCUT2D eigenvalue weighted by Gasteiger charge is -2.29. The number of amides is 1. The van der Waals surface area contributed by atoms with Gasteiger partial charge in [-0.15, -0.1) is 0 Å². The monoisotopic (exact) mass is 479 g/mol. The fourth-order valence-corrected chi connectivity index (χ4v) is 4.98. The molecule has 0 radical (unpaired) electrons. The molecule has 35 heavy (non-hydrogen) atoms. The van der Waals surface area contributed by atoms with E-state index in [0.29, 0.717) is 49.8 Å². The predicted octanol–water partition coefficient (Wildman–Crippen LogP) is 3.06. The zero-order valence-corrected chi connectivity index (χ0v) is 19.6. The van der Waals surface area contributed by atoms with Gasteiger partial charge in [0.1, 0.15) is 5.82 Å². The summed E-state index contributed by atoms with van der Waals surface area (Å²) in [5, 5.41) is 14.1. The van der Waals surface area contributed by atoms with Gasteiger partial charge in [-0.3, -0.25) is 9.59 Å². The molecule has 1 saturated carbocycles. The first-order valence-corrected chi connectivity index (χ1v) is 12.2. The van der Waals surface area contributed by atoms with Gasteiger partial charge in [-0.1, -0.05) is 0 Å². The molecule has 1 aliphatic carbocycles. The highest BCUT2D eigenvalue weighted by Gasteiger charge is 2.22. The zero-order chi connectivity index (χ0) is 24.4. The largest absolute Gasteiger partial charge is 0.393 e. The number of hydrogen-bond donors (Lipinski definition) is 2. The molecule has 2 heterocycles. The summed E-state index contributed by atoms with van der Waals surface area (Å²) in [4.78, 5) is 28.1. The number of nitrogens with zero attached hydrogens (tertiary/aromatic N) is 2. The number of benzene rings is 2. The summed E-state index contributed by atoms with van der Waals surface area (Å²) in [6.07, 6.45) is 4.11. The molecule has 2 aromatic carbocycles. The number of halogens is 1. The van der Waals surface area contributed by atoms with Crippen LogP contribution in [0.2, 0.25) is 0 Å². The lowest BCUT2D eigenvalue weighted by Crippen LogP contribution is -2.38. The number of aliphatic hydroxyl groups excluding tert-OH is 1. The number of carbonyl (C=O) groups is 1. The summed E-state index contributed by atoms with van der Waals surface area (Å²) < 4.78 is 21.3. The SMILES string of the molecule is O=C(N[C@H]1CC[C@@H](O)CC1)c1cc(F)cc(Cn2ccc3cc(N4CCOCC4)ccc3c2=O)c1. The smallest absolute Gasteiger partial charge is 0.258 e. The van der Waals surface area contributed by atoms with Gasteiger partial charge >= 0.3 is 0 Å². The molecule has 8 heteroatoms. The van der Waals surface area contributed by atoms with Crippen LogP contribution in [0.15, 0.2) is 53.5 Å². The van der Waals surface area contributed by atoms with Crippen molar-refractivity contribution < 1.29 is 19.0 Å². The van der Waals surface area contributed by atoms with E-state index in [-0.39, 0.29) is 35.7 Å². The lowest BCUT2D eigenvalue weighted by molar-refractivity contribution is 0.0867. The number of ether oxygens (including phenoxy) is 1. The molecule has 1 aliphatic heterocycles. The Kier molecular flexibility index (Phi) is 6.83. The molecule has 1 aromatic heterocycles.